The third-order valence-corrected chi connectivity index (χ3v) is 5.01. The Kier molecular flexibility index (Phi) is 3.65. The lowest BCUT2D eigenvalue weighted by Gasteiger charge is -2.06. The van der Waals surface area contributed by atoms with Crippen LogP contribution in [0.3, 0.4) is 0 Å². The van der Waals surface area contributed by atoms with Gasteiger partial charge in [-0.2, -0.15) is 0 Å². The predicted molar refractivity (Wildman–Crippen MR) is 70.0 cm³/mol. The van der Waals surface area contributed by atoms with Gasteiger partial charge in [0.1, 0.15) is 0 Å². The van der Waals surface area contributed by atoms with Crippen molar-refractivity contribution in [3.05, 3.63) is 41.0 Å². The van der Waals surface area contributed by atoms with E-state index in [1.165, 1.54) is 6.20 Å². The van der Waals surface area contributed by atoms with Gasteiger partial charge >= 0.3 is 0 Å². The lowest BCUT2D eigenvalue weighted by Crippen LogP contribution is -2.11. The number of nitrogens with zero attached hydrogens (tertiary/aromatic N) is 1. The van der Waals surface area contributed by atoms with Crippen LogP contribution in [0, 0.1) is 6.92 Å². The molecule has 1 heterocycles. The maximum Gasteiger partial charge on any atom is 0.273 e. The number of benzene rings is 1. The number of aromatic nitrogens is 1. The zero-order valence-electron chi connectivity index (χ0n) is 9.62. The molecule has 96 valence electrons. The van der Waals surface area contributed by atoms with Crippen LogP contribution in [0.5, 0.6) is 0 Å². The van der Waals surface area contributed by atoms with Gasteiger partial charge in [-0.05, 0) is 24.6 Å². The van der Waals surface area contributed by atoms with Gasteiger partial charge in [0.2, 0.25) is 0 Å². The zero-order valence-corrected chi connectivity index (χ0v) is 11.3. The molecule has 0 amide bonds. The third-order valence-electron chi connectivity index (χ3n) is 2.25. The van der Waals surface area contributed by atoms with Gasteiger partial charge in [-0.1, -0.05) is 12.1 Å². The van der Waals surface area contributed by atoms with E-state index in [9.17, 15) is 8.42 Å². The molecule has 1 aromatic heterocycles. The van der Waals surface area contributed by atoms with Crippen LogP contribution in [-0.2, 0) is 16.6 Å². The number of hydrogen-bond donors (Lipinski definition) is 2. The van der Waals surface area contributed by atoms with Crippen molar-refractivity contribution in [3.63, 3.8) is 0 Å². The SMILES string of the molecule is Cc1ncc(S(=O)(=O)Nc2ccc(CO)cc2)s1. The molecule has 0 unspecified atom stereocenters. The number of aliphatic hydroxyl groups excluding tert-OH is 1. The molecule has 2 N–H and O–H groups in total. The highest BCUT2D eigenvalue weighted by Crippen LogP contribution is 2.21. The number of aliphatic hydroxyl groups is 1. The molecule has 0 aliphatic rings. The zero-order chi connectivity index (χ0) is 13.2. The number of thiazole rings is 1. The van der Waals surface area contributed by atoms with E-state index in [1.807, 2.05) is 0 Å². The average molecular weight is 284 g/mol. The molecule has 0 atom stereocenters. The minimum Gasteiger partial charge on any atom is -0.392 e. The molecule has 5 nitrogen and oxygen atoms in total. The molecule has 7 heteroatoms. The van der Waals surface area contributed by atoms with Gasteiger partial charge in [0, 0.05) is 5.69 Å². The van der Waals surface area contributed by atoms with E-state index in [0.29, 0.717) is 10.7 Å². The standard InChI is InChI=1S/C11H12N2O3S2/c1-8-12-6-11(17-8)18(15,16)13-10-4-2-9(7-14)3-5-10/h2-6,13-14H,7H2,1H3. The first-order chi connectivity index (χ1) is 8.51. The van der Waals surface area contributed by atoms with Crippen LogP contribution in [0.1, 0.15) is 10.6 Å². The van der Waals surface area contributed by atoms with E-state index in [1.54, 1.807) is 31.2 Å². The van der Waals surface area contributed by atoms with E-state index in [2.05, 4.69) is 9.71 Å². The normalized spacial score (nSPS) is 11.4. The van der Waals surface area contributed by atoms with Crippen molar-refractivity contribution >= 4 is 27.0 Å². The number of anilines is 1. The molecule has 0 aliphatic heterocycles. The van der Waals surface area contributed by atoms with Crippen molar-refractivity contribution in [2.24, 2.45) is 0 Å². The Balaban J connectivity index is 2.22. The molecular weight excluding hydrogens is 272 g/mol. The minimum absolute atomic E-state index is 0.0684. The highest BCUT2D eigenvalue weighted by molar-refractivity contribution is 7.94. The molecule has 2 aromatic rings. The lowest BCUT2D eigenvalue weighted by atomic mass is 10.2. The van der Waals surface area contributed by atoms with Gasteiger partial charge in [-0.3, -0.25) is 4.72 Å². The number of hydrogen-bond acceptors (Lipinski definition) is 5. The molecule has 18 heavy (non-hydrogen) atoms. The summed E-state index contributed by atoms with van der Waals surface area (Å²) in [5.41, 5.74) is 1.19. The summed E-state index contributed by atoms with van der Waals surface area (Å²) in [6.45, 7) is 1.68. The summed E-state index contributed by atoms with van der Waals surface area (Å²) in [6, 6.07) is 6.54. The Hall–Kier alpha value is -1.44. The second-order valence-electron chi connectivity index (χ2n) is 3.66. The fraction of sp³-hybridized carbons (Fsp3) is 0.182. The number of sulfonamides is 1. The second kappa shape index (κ2) is 5.05. The van der Waals surface area contributed by atoms with Crippen molar-refractivity contribution < 1.29 is 13.5 Å². The molecule has 0 spiro atoms. The fourth-order valence-corrected chi connectivity index (χ4v) is 3.52. The second-order valence-corrected chi connectivity index (χ2v) is 6.80. The Bertz CT molecular complexity index is 633. The fourth-order valence-electron chi connectivity index (χ4n) is 1.35. The van der Waals surface area contributed by atoms with Gasteiger partial charge in [0.25, 0.3) is 10.0 Å². The smallest absolute Gasteiger partial charge is 0.273 e. The van der Waals surface area contributed by atoms with E-state index in [0.717, 1.165) is 16.9 Å². The number of aryl methyl sites for hydroxylation is 1. The van der Waals surface area contributed by atoms with Gasteiger partial charge < -0.3 is 5.11 Å². The highest BCUT2D eigenvalue weighted by Gasteiger charge is 2.16. The van der Waals surface area contributed by atoms with Crippen molar-refractivity contribution in [2.45, 2.75) is 17.7 Å². The van der Waals surface area contributed by atoms with Gasteiger partial charge in [0.05, 0.1) is 17.8 Å². The van der Waals surface area contributed by atoms with Crippen molar-refractivity contribution in [1.29, 1.82) is 0 Å². The van der Waals surface area contributed by atoms with Gasteiger partial charge in [0.15, 0.2) is 4.21 Å². The quantitative estimate of drug-likeness (QED) is 0.896. The molecule has 0 fully saturated rings. The summed E-state index contributed by atoms with van der Waals surface area (Å²) in [4.78, 5) is 3.92. The molecule has 0 aliphatic carbocycles. The summed E-state index contributed by atoms with van der Waals surface area (Å²) < 4.78 is 26.6. The predicted octanol–water partition coefficient (Wildman–Crippen LogP) is 1.74. The molecule has 0 bridgehead atoms. The van der Waals surface area contributed by atoms with Crippen LogP contribution in [0.2, 0.25) is 0 Å². The Labute approximate surface area is 109 Å². The molecule has 0 radical (unpaired) electrons. The number of nitrogens with one attached hydrogen (secondary N) is 1. The maximum absolute atomic E-state index is 12.0. The lowest BCUT2D eigenvalue weighted by molar-refractivity contribution is 0.282. The average Bonchev–Trinajstić information content (AvgIpc) is 2.77. The van der Waals surface area contributed by atoms with E-state index < -0.39 is 10.0 Å². The first kappa shape index (κ1) is 13.0. The van der Waals surface area contributed by atoms with Crippen LogP contribution in [-0.4, -0.2) is 18.5 Å². The van der Waals surface area contributed by atoms with Crippen LogP contribution in [0.25, 0.3) is 0 Å². The van der Waals surface area contributed by atoms with Crippen molar-refractivity contribution in [2.75, 3.05) is 4.72 Å². The first-order valence-electron chi connectivity index (χ1n) is 5.16. The maximum atomic E-state index is 12.0. The first-order valence-corrected chi connectivity index (χ1v) is 7.46. The summed E-state index contributed by atoms with van der Waals surface area (Å²) in [6.07, 6.45) is 1.34. The Morgan fingerprint density at radius 1 is 1.33 bits per heavy atom. The molecule has 0 saturated carbocycles. The number of rotatable bonds is 4. The summed E-state index contributed by atoms with van der Waals surface area (Å²) in [7, 11) is -3.57. The Morgan fingerprint density at radius 2 is 2.00 bits per heavy atom. The van der Waals surface area contributed by atoms with E-state index in [4.69, 9.17) is 5.11 Å². The van der Waals surface area contributed by atoms with Gasteiger partial charge in [-0.25, -0.2) is 13.4 Å². The minimum atomic E-state index is -3.57. The van der Waals surface area contributed by atoms with E-state index in [-0.39, 0.29) is 10.8 Å². The van der Waals surface area contributed by atoms with Crippen molar-refractivity contribution in [3.8, 4) is 0 Å². The molecule has 1 aromatic carbocycles. The third kappa shape index (κ3) is 2.87. The monoisotopic (exact) mass is 284 g/mol. The summed E-state index contributed by atoms with van der Waals surface area (Å²) in [5, 5.41) is 9.60. The van der Waals surface area contributed by atoms with Crippen molar-refractivity contribution in [1.82, 2.24) is 4.98 Å². The summed E-state index contributed by atoms with van der Waals surface area (Å²) in [5.74, 6) is 0. The largest absolute Gasteiger partial charge is 0.392 e. The topological polar surface area (TPSA) is 79.3 Å². The van der Waals surface area contributed by atoms with Crippen LogP contribution in [0.4, 0.5) is 5.69 Å². The molecule has 0 saturated heterocycles. The molecular formula is C11H12N2O3S2. The molecule has 2 rings (SSSR count). The van der Waals surface area contributed by atoms with E-state index >= 15 is 0 Å². The van der Waals surface area contributed by atoms with Crippen LogP contribution < -0.4 is 4.72 Å². The highest BCUT2D eigenvalue weighted by atomic mass is 32.2. The van der Waals surface area contributed by atoms with Gasteiger partial charge in [-0.15, -0.1) is 11.3 Å². The van der Waals surface area contributed by atoms with Crippen LogP contribution >= 0.6 is 11.3 Å². The summed E-state index contributed by atoms with van der Waals surface area (Å²) >= 11 is 1.12. The van der Waals surface area contributed by atoms with Crippen LogP contribution in [0.15, 0.2) is 34.7 Å². The Morgan fingerprint density at radius 3 is 2.50 bits per heavy atom.